The lowest BCUT2D eigenvalue weighted by atomic mass is 10.1. The summed E-state index contributed by atoms with van der Waals surface area (Å²) in [4.78, 5) is 0. The van der Waals surface area contributed by atoms with Gasteiger partial charge in [0.05, 0.1) is 18.4 Å². The monoisotopic (exact) mass is 289 g/mol. The molecule has 0 aliphatic heterocycles. The van der Waals surface area contributed by atoms with E-state index in [-0.39, 0.29) is 0 Å². The lowest BCUT2D eigenvalue weighted by Crippen LogP contribution is -2.07. The molecule has 1 N–H and O–H groups in total. The van der Waals surface area contributed by atoms with E-state index in [1.54, 1.807) is 11.8 Å². The van der Waals surface area contributed by atoms with Crippen molar-refractivity contribution in [2.75, 3.05) is 14.2 Å². The van der Waals surface area contributed by atoms with E-state index in [0.717, 1.165) is 29.3 Å². The Balaban J connectivity index is 2.38. The van der Waals surface area contributed by atoms with Crippen molar-refractivity contribution in [1.29, 1.82) is 0 Å². The molecule has 0 saturated heterocycles. The van der Waals surface area contributed by atoms with Gasteiger partial charge >= 0.3 is 0 Å². The minimum atomic E-state index is 0.704. The van der Waals surface area contributed by atoms with Gasteiger partial charge in [0.25, 0.3) is 0 Å². The van der Waals surface area contributed by atoms with E-state index in [4.69, 9.17) is 9.47 Å². The molecule has 2 aromatic rings. The van der Waals surface area contributed by atoms with Gasteiger partial charge in [-0.2, -0.15) is 5.10 Å². The van der Waals surface area contributed by atoms with Crippen molar-refractivity contribution in [2.24, 2.45) is 7.05 Å². The number of hydrogen-bond donors (Lipinski definition) is 1. The summed E-state index contributed by atoms with van der Waals surface area (Å²) in [6.07, 6.45) is 0.965. The number of rotatable bonds is 6. The maximum absolute atomic E-state index is 6.07. The Bertz CT molecular complexity index is 620. The van der Waals surface area contributed by atoms with Crippen LogP contribution >= 0.6 is 0 Å². The molecule has 0 unspecified atom stereocenters. The fourth-order valence-electron chi connectivity index (χ4n) is 2.31. The maximum atomic E-state index is 6.07. The predicted molar refractivity (Wildman–Crippen MR) is 83.2 cm³/mol. The average molecular weight is 289 g/mol. The summed E-state index contributed by atoms with van der Waals surface area (Å²) in [7, 11) is 5.45. The standard InChI is InChI=1S/C16H23N3O2/c1-6-12-7-8-14(15(9-12)20-5)21-16-13(10-17-3)11(2)18-19(16)4/h7-9,17H,6,10H2,1-5H3. The van der Waals surface area contributed by atoms with Gasteiger partial charge in [0.2, 0.25) is 5.88 Å². The van der Waals surface area contributed by atoms with Gasteiger partial charge in [0, 0.05) is 13.6 Å². The van der Waals surface area contributed by atoms with Crippen LogP contribution < -0.4 is 14.8 Å². The summed E-state index contributed by atoms with van der Waals surface area (Å²) < 4.78 is 13.3. The van der Waals surface area contributed by atoms with E-state index in [0.29, 0.717) is 12.3 Å². The van der Waals surface area contributed by atoms with Gasteiger partial charge < -0.3 is 14.8 Å². The van der Waals surface area contributed by atoms with Gasteiger partial charge in [-0.05, 0) is 38.1 Å². The molecule has 1 aromatic carbocycles. The topological polar surface area (TPSA) is 48.3 Å². The first-order valence-electron chi connectivity index (χ1n) is 7.12. The first kappa shape index (κ1) is 15.4. The number of nitrogens with zero attached hydrogens (tertiary/aromatic N) is 2. The minimum Gasteiger partial charge on any atom is -0.493 e. The highest BCUT2D eigenvalue weighted by Gasteiger charge is 2.16. The summed E-state index contributed by atoms with van der Waals surface area (Å²) in [5.41, 5.74) is 3.24. The molecule has 0 saturated carbocycles. The number of aromatic nitrogens is 2. The fraction of sp³-hybridized carbons (Fsp3) is 0.438. The van der Waals surface area contributed by atoms with Crippen LogP contribution in [0.1, 0.15) is 23.7 Å². The van der Waals surface area contributed by atoms with Crippen molar-refractivity contribution in [2.45, 2.75) is 26.8 Å². The number of methoxy groups -OCH3 is 1. The Kier molecular flexibility index (Phi) is 4.85. The van der Waals surface area contributed by atoms with Crippen LogP contribution in [0.3, 0.4) is 0 Å². The molecule has 1 heterocycles. The summed E-state index contributed by atoms with van der Waals surface area (Å²) in [6, 6.07) is 6.01. The molecule has 0 fully saturated rings. The Morgan fingerprint density at radius 3 is 2.67 bits per heavy atom. The van der Waals surface area contributed by atoms with Crippen LogP contribution in [0, 0.1) is 6.92 Å². The van der Waals surface area contributed by atoms with E-state index in [1.165, 1.54) is 5.56 Å². The van der Waals surface area contributed by atoms with Crippen molar-refractivity contribution in [3.63, 3.8) is 0 Å². The van der Waals surface area contributed by atoms with Gasteiger partial charge in [0.1, 0.15) is 0 Å². The molecule has 5 nitrogen and oxygen atoms in total. The number of ether oxygens (including phenoxy) is 2. The molecule has 1 aromatic heterocycles. The first-order chi connectivity index (χ1) is 10.1. The van der Waals surface area contributed by atoms with E-state index in [9.17, 15) is 0 Å². The van der Waals surface area contributed by atoms with Gasteiger partial charge in [0.15, 0.2) is 11.5 Å². The summed E-state index contributed by atoms with van der Waals surface area (Å²) >= 11 is 0. The van der Waals surface area contributed by atoms with Crippen LogP contribution in [0.5, 0.6) is 17.4 Å². The number of nitrogens with one attached hydrogen (secondary N) is 1. The second-order valence-corrected chi connectivity index (χ2v) is 4.96. The molecule has 0 bridgehead atoms. The molecule has 21 heavy (non-hydrogen) atoms. The second kappa shape index (κ2) is 6.63. The van der Waals surface area contributed by atoms with E-state index in [1.807, 2.05) is 33.2 Å². The van der Waals surface area contributed by atoms with Crippen LogP contribution in [0.15, 0.2) is 18.2 Å². The Hall–Kier alpha value is -2.01. The third-order valence-electron chi connectivity index (χ3n) is 3.49. The van der Waals surface area contributed by atoms with Gasteiger partial charge in [-0.25, -0.2) is 4.68 Å². The molecule has 0 amide bonds. The quantitative estimate of drug-likeness (QED) is 0.888. The van der Waals surface area contributed by atoms with Crippen molar-refractivity contribution in [3.05, 3.63) is 35.0 Å². The third kappa shape index (κ3) is 3.19. The molecular formula is C16H23N3O2. The van der Waals surface area contributed by atoms with Crippen LogP contribution in [-0.2, 0) is 20.0 Å². The maximum Gasteiger partial charge on any atom is 0.222 e. The Labute approximate surface area is 125 Å². The zero-order valence-corrected chi connectivity index (χ0v) is 13.4. The van der Waals surface area contributed by atoms with Crippen LogP contribution in [-0.4, -0.2) is 23.9 Å². The molecule has 0 aliphatic carbocycles. The predicted octanol–water partition coefficient (Wildman–Crippen LogP) is 2.81. The zero-order chi connectivity index (χ0) is 15.4. The highest BCUT2D eigenvalue weighted by Crippen LogP contribution is 2.34. The number of benzene rings is 1. The summed E-state index contributed by atoms with van der Waals surface area (Å²) in [5, 5.41) is 7.57. The van der Waals surface area contributed by atoms with Crippen molar-refractivity contribution >= 4 is 0 Å². The number of aryl methyl sites for hydroxylation is 3. The van der Waals surface area contributed by atoms with Crippen LogP contribution in [0.2, 0.25) is 0 Å². The van der Waals surface area contributed by atoms with Gasteiger partial charge in [-0.15, -0.1) is 0 Å². The summed E-state index contributed by atoms with van der Waals surface area (Å²) in [6.45, 7) is 4.81. The Morgan fingerprint density at radius 1 is 1.29 bits per heavy atom. The first-order valence-corrected chi connectivity index (χ1v) is 7.12. The van der Waals surface area contributed by atoms with Crippen molar-refractivity contribution < 1.29 is 9.47 Å². The highest BCUT2D eigenvalue weighted by molar-refractivity contribution is 5.46. The molecule has 0 aliphatic rings. The lowest BCUT2D eigenvalue weighted by molar-refractivity contribution is 0.363. The van der Waals surface area contributed by atoms with Gasteiger partial charge in [-0.3, -0.25) is 0 Å². The highest BCUT2D eigenvalue weighted by atomic mass is 16.5. The molecular weight excluding hydrogens is 266 g/mol. The van der Waals surface area contributed by atoms with Crippen LogP contribution in [0.4, 0.5) is 0 Å². The minimum absolute atomic E-state index is 0.704. The van der Waals surface area contributed by atoms with E-state index < -0.39 is 0 Å². The average Bonchev–Trinajstić information content (AvgIpc) is 2.75. The Morgan fingerprint density at radius 2 is 2.05 bits per heavy atom. The normalized spacial score (nSPS) is 10.7. The van der Waals surface area contributed by atoms with Crippen molar-refractivity contribution in [3.8, 4) is 17.4 Å². The van der Waals surface area contributed by atoms with Crippen molar-refractivity contribution in [1.82, 2.24) is 15.1 Å². The molecule has 0 radical (unpaired) electrons. The van der Waals surface area contributed by atoms with E-state index in [2.05, 4.69) is 23.4 Å². The smallest absolute Gasteiger partial charge is 0.222 e. The largest absolute Gasteiger partial charge is 0.493 e. The molecule has 0 spiro atoms. The molecule has 2 rings (SSSR count). The molecule has 0 atom stereocenters. The third-order valence-corrected chi connectivity index (χ3v) is 3.49. The lowest BCUT2D eigenvalue weighted by Gasteiger charge is -2.13. The van der Waals surface area contributed by atoms with E-state index >= 15 is 0 Å². The fourth-order valence-corrected chi connectivity index (χ4v) is 2.31. The molecule has 114 valence electrons. The molecule has 5 heteroatoms. The summed E-state index contributed by atoms with van der Waals surface area (Å²) in [5.74, 6) is 2.18. The zero-order valence-electron chi connectivity index (χ0n) is 13.4. The van der Waals surface area contributed by atoms with Crippen LogP contribution in [0.25, 0.3) is 0 Å². The van der Waals surface area contributed by atoms with Gasteiger partial charge in [-0.1, -0.05) is 13.0 Å². The number of hydrogen-bond acceptors (Lipinski definition) is 4. The second-order valence-electron chi connectivity index (χ2n) is 4.96. The SMILES string of the molecule is CCc1ccc(Oc2c(CNC)c(C)nn2C)c(OC)c1.